The lowest BCUT2D eigenvalue weighted by Crippen LogP contribution is -2.48. The van der Waals surface area contributed by atoms with Gasteiger partial charge >= 0.3 is 0 Å². The summed E-state index contributed by atoms with van der Waals surface area (Å²) in [5, 5.41) is 2.89. The van der Waals surface area contributed by atoms with E-state index in [1.54, 1.807) is 29.1 Å². The molecule has 1 N–H and O–H groups in total. The predicted octanol–water partition coefficient (Wildman–Crippen LogP) is 2.26. The molecule has 2 aliphatic heterocycles. The lowest BCUT2D eigenvalue weighted by molar-refractivity contribution is -0.135. The van der Waals surface area contributed by atoms with Gasteiger partial charge in [-0.2, -0.15) is 0 Å². The Morgan fingerprint density at radius 2 is 2.17 bits per heavy atom. The van der Waals surface area contributed by atoms with Crippen LogP contribution in [0.15, 0.2) is 42.7 Å². The smallest absolute Gasteiger partial charge is 0.250 e. The maximum Gasteiger partial charge on any atom is 0.250 e. The zero-order valence-electron chi connectivity index (χ0n) is 13.3. The normalized spacial score (nSPS) is 25.8. The third kappa shape index (κ3) is 2.39. The summed E-state index contributed by atoms with van der Waals surface area (Å²) >= 11 is 1.69. The number of hydrogen-bond acceptors (Lipinski definition) is 4. The van der Waals surface area contributed by atoms with E-state index >= 15 is 0 Å². The molecule has 0 bridgehead atoms. The second kappa shape index (κ2) is 5.66. The van der Waals surface area contributed by atoms with Gasteiger partial charge in [0, 0.05) is 30.3 Å². The van der Waals surface area contributed by atoms with E-state index in [2.05, 4.69) is 10.3 Å². The van der Waals surface area contributed by atoms with Gasteiger partial charge in [-0.1, -0.05) is 18.2 Å². The molecule has 1 aromatic heterocycles. The largest absolute Gasteiger partial charge is 0.315 e. The van der Waals surface area contributed by atoms with E-state index in [9.17, 15) is 9.59 Å². The van der Waals surface area contributed by atoms with Crippen LogP contribution >= 0.6 is 11.8 Å². The number of benzene rings is 1. The number of nitrogens with one attached hydrogen (secondary N) is 1. The summed E-state index contributed by atoms with van der Waals surface area (Å²) in [7, 11) is 0. The van der Waals surface area contributed by atoms with E-state index in [4.69, 9.17) is 0 Å². The molecule has 0 aliphatic carbocycles. The molecule has 4 rings (SSSR count). The topological polar surface area (TPSA) is 67.2 Å². The molecule has 24 heavy (non-hydrogen) atoms. The summed E-state index contributed by atoms with van der Waals surface area (Å²) in [4.78, 5) is 30.7. The van der Waals surface area contributed by atoms with Crippen molar-refractivity contribution in [2.24, 2.45) is 0 Å². The lowest BCUT2D eigenvalue weighted by Gasteiger charge is -2.29. The monoisotopic (exact) mass is 342 g/mol. The molecule has 1 aromatic carbocycles. The van der Waals surface area contributed by atoms with Crippen LogP contribution in [-0.4, -0.2) is 42.9 Å². The molecular formula is C17H18N4O2S. The van der Waals surface area contributed by atoms with Crippen LogP contribution < -0.4 is 5.32 Å². The Morgan fingerprint density at radius 1 is 1.38 bits per heavy atom. The number of anilines is 1. The number of para-hydroxylation sites is 1. The maximum absolute atomic E-state index is 12.8. The minimum absolute atomic E-state index is 0.0639. The fourth-order valence-electron chi connectivity index (χ4n) is 3.40. The lowest BCUT2D eigenvalue weighted by atomic mass is 10.2. The molecule has 2 fully saturated rings. The highest BCUT2D eigenvalue weighted by molar-refractivity contribution is 8.01. The Hall–Kier alpha value is -2.28. The van der Waals surface area contributed by atoms with Crippen LogP contribution in [0, 0.1) is 0 Å². The highest BCUT2D eigenvalue weighted by Gasteiger charge is 2.53. The number of amides is 2. The molecule has 7 heteroatoms. The Balaban J connectivity index is 1.56. The van der Waals surface area contributed by atoms with Crippen LogP contribution in [0.5, 0.6) is 0 Å². The second-order valence-corrected chi connectivity index (χ2v) is 7.71. The molecule has 0 saturated carbocycles. The quantitative estimate of drug-likeness (QED) is 0.929. The van der Waals surface area contributed by atoms with Gasteiger partial charge in [0.2, 0.25) is 17.8 Å². The summed E-state index contributed by atoms with van der Waals surface area (Å²) in [6.07, 6.45) is 4.78. The molecule has 0 unspecified atom stereocenters. The van der Waals surface area contributed by atoms with Gasteiger partial charge in [-0.15, -0.1) is 11.8 Å². The standard InChI is InChI=1S/C17H18N4O2S/c1-17-8-7-14(22)21(17)13(11-24-17)15(23)19-16-18-9-10-20(16)12-5-3-2-4-6-12/h2-6,9-10,13H,7-8,11H2,1H3,(H,18,19,23)/t13-,17-/m0/s1. The first-order valence-electron chi connectivity index (χ1n) is 7.94. The summed E-state index contributed by atoms with van der Waals surface area (Å²) in [5.41, 5.74) is 0.924. The van der Waals surface area contributed by atoms with Crippen LogP contribution in [-0.2, 0) is 9.59 Å². The van der Waals surface area contributed by atoms with Crippen molar-refractivity contribution in [2.75, 3.05) is 11.1 Å². The Kier molecular flexibility index (Phi) is 3.60. The number of thioether (sulfide) groups is 1. The van der Waals surface area contributed by atoms with Crippen LogP contribution in [0.2, 0.25) is 0 Å². The molecular weight excluding hydrogens is 324 g/mol. The first-order chi connectivity index (χ1) is 11.6. The minimum atomic E-state index is -0.434. The third-order valence-electron chi connectivity index (χ3n) is 4.66. The summed E-state index contributed by atoms with van der Waals surface area (Å²) in [6, 6.07) is 9.27. The molecule has 2 atom stereocenters. The molecule has 0 spiro atoms. The van der Waals surface area contributed by atoms with Crippen molar-refractivity contribution in [1.82, 2.24) is 14.5 Å². The van der Waals surface area contributed by atoms with Crippen LogP contribution in [0.25, 0.3) is 5.69 Å². The van der Waals surface area contributed by atoms with Gasteiger partial charge in [-0.3, -0.25) is 19.5 Å². The predicted molar refractivity (Wildman–Crippen MR) is 92.9 cm³/mol. The molecule has 2 saturated heterocycles. The molecule has 2 aromatic rings. The number of imidazole rings is 1. The van der Waals surface area contributed by atoms with E-state index in [0.717, 1.165) is 12.1 Å². The fourth-order valence-corrected chi connectivity index (χ4v) is 4.83. The van der Waals surface area contributed by atoms with E-state index in [0.29, 0.717) is 18.1 Å². The van der Waals surface area contributed by atoms with Gasteiger partial charge in [-0.25, -0.2) is 4.98 Å². The first-order valence-corrected chi connectivity index (χ1v) is 8.93. The van der Waals surface area contributed by atoms with Crippen LogP contribution in [0.1, 0.15) is 19.8 Å². The van der Waals surface area contributed by atoms with Gasteiger partial charge in [-0.05, 0) is 25.5 Å². The zero-order valence-corrected chi connectivity index (χ0v) is 14.1. The average molecular weight is 342 g/mol. The van der Waals surface area contributed by atoms with Gasteiger partial charge in [0.05, 0.1) is 4.87 Å². The molecule has 124 valence electrons. The van der Waals surface area contributed by atoms with Crippen molar-refractivity contribution in [3.8, 4) is 5.69 Å². The van der Waals surface area contributed by atoms with E-state index in [1.807, 2.05) is 41.8 Å². The van der Waals surface area contributed by atoms with Crippen molar-refractivity contribution in [1.29, 1.82) is 0 Å². The van der Waals surface area contributed by atoms with Crippen molar-refractivity contribution in [3.05, 3.63) is 42.7 Å². The first kappa shape index (κ1) is 15.3. The van der Waals surface area contributed by atoms with E-state index in [1.165, 1.54) is 0 Å². The number of fused-ring (bicyclic) bond motifs is 1. The number of rotatable bonds is 3. The Morgan fingerprint density at radius 3 is 2.96 bits per heavy atom. The number of aromatic nitrogens is 2. The number of carbonyl (C=O) groups excluding carboxylic acids is 2. The van der Waals surface area contributed by atoms with Crippen LogP contribution in [0.3, 0.4) is 0 Å². The van der Waals surface area contributed by atoms with Gasteiger partial charge in [0.15, 0.2) is 0 Å². The maximum atomic E-state index is 12.8. The van der Waals surface area contributed by atoms with Crippen molar-refractivity contribution in [3.63, 3.8) is 0 Å². The average Bonchev–Trinajstić information content (AvgIpc) is 3.25. The summed E-state index contributed by atoms with van der Waals surface area (Å²) in [6.45, 7) is 2.04. The van der Waals surface area contributed by atoms with Crippen molar-refractivity contribution >= 4 is 29.5 Å². The number of nitrogens with zero attached hydrogens (tertiary/aromatic N) is 3. The van der Waals surface area contributed by atoms with E-state index in [-0.39, 0.29) is 16.7 Å². The second-order valence-electron chi connectivity index (χ2n) is 6.21. The van der Waals surface area contributed by atoms with Crippen LogP contribution in [0.4, 0.5) is 5.95 Å². The van der Waals surface area contributed by atoms with Gasteiger partial charge in [0.25, 0.3) is 0 Å². The molecule has 6 nitrogen and oxygen atoms in total. The van der Waals surface area contributed by atoms with Crippen molar-refractivity contribution < 1.29 is 9.59 Å². The van der Waals surface area contributed by atoms with E-state index < -0.39 is 6.04 Å². The number of carbonyl (C=O) groups is 2. The molecule has 2 aliphatic rings. The highest BCUT2D eigenvalue weighted by Crippen LogP contribution is 2.47. The molecule has 0 radical (unpaired) electrons. The molecule has 2 amide bonds. The summed E-state index contributed by atoms with van der Waals surface area (Å²) in [5.74, 6) is 0.982. The Labute approximate surface area is 144 Å². The SMILES string of the molecule is C[C@]12CCC(=O)N1[C@H](C(=O)Nc1nccn1-c1ccccc1)CS2. The Bertz CT molecular complexity index is 791. The fraction of sp³-hybridized carbons (Fsp3) is 0.353. The van der Waals surface area contributed by atoms with Gasteiger partial charge in [0.1, 0.15) is 6.04 Å². The number of hydrogen-bond donors (Lipinski definition) is 1. The minimum Gasteiger partial charge on any atom is -0.315 e. The molecule has 3 heterocycles. The summed E-state index contributed by atoms with van der Waals surface area (Å²) < 4.78 is 1.82. The van der Waals surface area contributed by atoms with Crippen molar-refractivity contribution in [2.45, 2.75) is 30.7 Å². The zero-order chi connectivity index (χ0) is 16.7. The highest BCUT2D eigenvalue weighted by atomic mass is 32.2. The third-order valence-corrected chi connectivity index (χ3v) is 6.16. The van der Waals surface area contributed by atoms with Gasteiger partial charge < -0.3 is 4.90 Å².